The van der Waals surface area contributed by atoms with E-state index in [0.29, 0.717) is 7.93 Å². The zero-order chi connectivity index (χ0) is 22.2. The van der Waals surface area contributed by atoms with Crippen LogP contribution in [0.4, 0.5) is 0 Å². The summed E-state index contributed by atoms with van der Waals surface area (Å²) in [6.45, 7) is 12.5. The van der Waals surface area contributed by atoms with Crippen molar-refractivity contribution in [3.63, 3.8) is 0 Å². The van der Waals surface area contributed by atoms with Gasteiger partial charge < -0.3 is 9.47 Å². The first-order chi connectivity index (χ1) is 14.5. The van der Waals surface area contributed by atoms with Crippen LogP contribution in [0.3, 0.4) is 0 Å². The monoisotopic (exact) mass is 454 g/mol. The molecule has 0 aliphatic heterocycles. The van der Waals surface area contributed by atoms with Gasteiger partial charge in [-0.2, -0.15) is 0 Å². The van der Waals surface area contributed by atoms with Gasteiger partial charge in [0, 0.05) is 21.1 Å². The Morgan fingerprint density at radius 2 is 1.50 bits per heavy atom. The van der Waals surface area contributed by atoms with Crippen molar-refractivity contribution < 1.29 is 9.47 Å². The van der Waals surface area contributed by atoms with Crippen LogP contribution in [-0.4, -0.2) is 19.5 Å². The summed E-state index contributed by atoms with van der Waals surface area (Å²) < 4.78 is 11.6. The highest BCUT2D eigenvalue weighted by Gasteiger charge is 2.09. The van der Waals surface area contributed by atoms with Gasteiger partial charge in [-0.3, -0.25) is 0 Å². The van der Waals surface area contributed by atoms with Crippen LogP contribution in [0.5, 0.6) is 0 Å². The standard InChI is InChI=1S/C26H44ClO2P/c1-6-18-28-26(29-19-7-2)17-15-13-11-9-8-10-12-14-16-24-20-25(30-27)23(5)21(3)22(24)4/h8,10,20,26,30H,6-7,9,11-19H2,1-5H3/b10-8+. The van der Waals surface area contributed by atoms with E-state index in [1.807, 2.05) is 0 Å². The second-order valence-electron chi connectivity index (χ2n) is 8.23. The van der Waals surface area contributed by atoms with Gasteiger partial charge in [-0.25, -0.2) is 0 Å². The first kappa shape index (κ1) is 27.6. The smallest absolute Gasteiger partial charge is 0.157 e. The molecule has 172 valence electrons. The van der Waals surface area contributed by atoms with E-state index in [2.05, 4.69) is 52.8 Å². The third-order valence-corrected chi connectivity index (χ3v) is 7.07. The van der Waals surface area contributed by atoms with Gasteiger partial charge in [0.1, 0.15) is 0 Å². The van der Waals surface area contributed by atoms with Crippen molar-refractivity contribution >= 4 is 24.5 Å². The van der Waals surface area contributed by atoms with Crippen molar-refractivity contribution in [1.82, 2.24) is 0 Å². The Labute approximate surface area is 192 Å². The van der Waals surface area contributed by atoms with Crippen molar-refractivity contribution in [3.8, 4) is 0 Å². The molecule has 2 nitrogen and oxygen atoms in total. The molecule has 0 bridgehead atoms. The van der Waals surface area contributed by atoms with E-state index in [4.69, 9.17) is 20.7 Å². The molecule has 1 unspecified atom stereocenters. The molecule has 0 N–H and O–H groups in total. The molecular weight excluding hydrogens is 411 g/mol. The number of hydrogen-bond donors (Lipinski definition) is 0. The number of ether oxygens (including phenoxy) is 2. The molecule has 0 spiro atoms. The molecule has 30 heavy (non-hydrogen) atoms. The van der Waals surface area contributed by atoms with Crippen molar-refractivity contribution in [2.24, 2.45) is 0 Å². The van der Waals surface area contributed by atoms with Crippen LogP contribution in [0, 0.1) is 20.8 Å². The third-order valence-electron chi connectivity index (χ3n) is 5.74. The molecule has 1 aromatic carbocycles. The normalized spacial score (nSPS) is 12.2. The fourth-order valence-electron chi connectivity index (χ4n) is 3.58. The average molecular weight is 455 g/mol. The van der Waals surface area contributed by atoms with Crippen LogP contribution in [-0.2, 0) is 15.9 Å². The first-order valence-electron chi connectivity index (χ1n) is 11.9. The molecule has 0 heterocycles. The van der Waals surface area contributed by atoms with Gasteiger partial charge in [0.2, 0.25) is 0 Å². The predicted molar refractivity (Wildman–Crippen MR) is 136 cm³/mol. The van der Waals surface area contributed by atoms with Gasteiger partial charge in [-0.05, 0) is 112 Å². The first-order valence-corrected chi connectivity index (χ1v) is 13.9. The van der Waals surface area contributed by atoms with E-state index in [1.165, 1.54) is 59.7 Å². The number of unbranched alkanes of at least 4 members (excludes halogenated alkanes) is 4. The molecule has 4 heteroatoms. The summed E-state index contributed by atoms with van der Waals surface area (Å²) in [4.78, 5) is 0. The van der Waals surface area contributed by atoms with Gasteiger partial charge in [0.15, 0.2) is 6.29 Å². The lowest BCUT2D eigenvalue weighted by Crippen LogP contribution is -2.18. The van der Waals surface area contributed by atoms with Crippen molar-refractivity contribution in [3.05, 3.63) is 40.5 Å². The van der Waals surface area contributed by atoms with Crippen molar-refractivity contribution in [2.75, 3.05) is 13.2 Å². The van der Waals surface area contributed by atoms with Gasteiger partial charge in [0.25, 0.3) is 0 Å². The molecule has 0 fully saturated rings. The molecule has 0 aromatic heterocycles. The maximum absolute atomic E-state index is 6.15. The molecular formula is C26H44ClO2P. The van der Waals surface area contributed by atoms with Gasteiger partial charge >= 0.3 is 0 Å². The molecule has 0 saturated carbocycles. The maximum atomic E-state index is 6.15. The molecule has 1 atom stereocenters. The topological polar surface area (TPSA) is 18.5 Å². The van der Waals surface area contributed by atoms with Crippen LogP contribution in [0.25, 0.3) is 0 Å². The number of hydrogen-bond acceptors (Lipinski definition) is 2. The highest BCUT2D eigenvalue weighted by atomic mass is 35.7. The van der Waals surface area contributed by atoms with E-state index in [0.717, 1.165) is 45.3 Å². The second-order valence-corrected chi connectivity index (χ2v) is 9.52. The van der Waals surface area contributed by atoms with E-state index in [9.17, 15) is 0 Å². The third kappa shape index (κ3) is 10.8. The van der Waals surface area contributed by atoms with E-state index in [-0.39, 0.29) is 6.29 Å². The zero-order valence-electron chi connectivity index (χ0n) is 20.0. The lowest BCUT2D eigenvalue weighted by atomic mass is 9.95. The van der Waals surface area contributed by atoms with Gasteiger partial charge in [0.05, 0.1) is 0 Å². The molecule has 0 saturated heterocycles. The lowest BCUT2D eigenvalue weighted by Gasteiger charge is -2.17. The number of benzene rings is 1. The SMILES string of the molecule is CCCOC(CCCCC/C=C/CCCc1cc(PCl)c(C)c(C)c1C)OCCC. The average Bonchev–Trinajstić information content (AvgIpc) is 2.76. The Bertz CT molecular complexity index is 608. The largest absolute Gasteiger partial charge is 0.353 e. The van der Waals surface area contributed by atoms with Crippen molar-refractivity contribution in [1.29, 1.82) is 0 Å². The fraction of sp³-hybridized carbons (Fsp3) is 0.692. The molecule has 0 amide bonds. The second kappa shape index (κ2) is 17.2. The number of allylic oxidation sites excluding steroid dienone is 2. The minimum absolute atomic E-state index is 0.00541. The Hall–Kier alpha value is -0.400. The summed E-state index contributed by atoms with van der Waals surface area (Å²) >= 11 is 6.15. The van der Waals surface area contributed by atoms with Crippen LogP contribution in [0.1, 0.15) is 93.9 Å². The van der Waals surface area contributed by atoms with Gasteiger partial charge in [-0.1, -0.05) is 43.7 Å². The van der Waals surface area contributed by atoms with Crippen LogP contribution in [0.2, 0.25) is 0 Å². The van der Waals surface area contributed by atoms with Crippen LogP contribution < -0.4 is 5.30 Å². The summed E-state index contributed by atoms with van der Waals surface area (Å²) in [5, 5.41) is 1.31. The highest BCUT2D eigenvalue weighted by molar-refractivity contribution is 7.75. The van der Waals surface area contributed by atoms with Crippen molar-refractivity contribution in [2.45, 2.75) is 105 Å². The minimum Gasteiger partial charge on any atom is -0.353 e. The quantitative estimate of drug-likeness (QED) is 0.102. The summed E-state index contributed by atoms with van der Waals surface area (Å²) in [5.74, 6) is 0. The lowest BCUT2D eigenvalue weighted by molar-refractivity contribution is -0.146. The predicted octanol–water partition coefficient (Wildman–Crippen LogP) is 8.08. The van der Waals surface area contributed by atoms with Crippen LogP contribution in [0.15, 0.2) is 18.2 Å². The van der Waals surface area contributed by atoms with Crippen LogP contribution >= 0.6 is 19.2 Å². The Balaban J connectivity index is 2.20. The zero-order valence-corrected chi connectivity index (χ0v) is 21.7. The molecule has 0 radical (unpaired) electrons. The van der Waals surface area contributed by atoms with E-state index < -0.39 is 0 Å². The molecule has 0 aliphatic rings. The number of rotatable bonds is 17. The minimum atomic E-state index is -0.00541. The molecule has 1 rings (SSSR count). The summed E-state index contributed by atoms with van der Waals surface area (Å²) in [7, 11) is 0.363. The summed E-state index contributed by atoms with van der Waals surface area (Å²) in [6.07, 6.45) is 16.2. The Kier molecular flexibility index (Phi) is 15.8. The number of aryl methyl sites for hydroxylation is 1. The Morgan fingerprint density at radius 3 is 2.10 bits per heavy atom. The summed E-state index contributed by atoms with van der Waals surface area (Å²) in [6, 6.07) is 2.33. The number of halogens is 1. The molecule has 1 aromatic rings. The fourth-order valence-corrected chi connectivity index (χ4v) is 4.73. The summed E-state index contributed by atoms with van der Waals surface area (Å²) in [5.41, 5.74) is 5.69. The maximum Gasteiger partial charge on any atom is 0.157 e. The van der Waals surface area contributed by atoms with Gasteiger partial charge in [-0.15, -0.1) is 0 Å². The highest BCUT2D eigenvalue weighted by Crippen LogP contribution is 2.25. The van der Waals surface area contributed by atoms with E-state index in [1.54, 1.807) is 0 Å². The van der Waals surface area contributed by atoms with E-state index >= 15 is 0 Å². The Morgan fingerprint density at radius 1 is 0.867 bits per heavy atom. The molecule has 0 aliphatic carbocycles.